The number of ether oxygens (including phenoxy) is 3. The molecule has 6 amide bonds. The van der Waals surface area contributed by atoms with Crippen molar-refractivity contribution in [2.75, 3.05) is 13.1 Å². The van der Waals surface area contributed by atoms with Gasteiger partial charge in [-0.15, -0.1) is 0 Å². The van der Waals surface area contributed by atoms with Gasteiger partial charge in [0.2, 0.25) is 29.5 Å². The number of nitrogens with two attached hydrogens (primary N) is 2. The number of carboxylic acid groups (broad SMARTS) is 1. The molecule has 2 rings (SSSR count). The van der Waals surface area contributed by atoms with Crippen LogP contribution in [0.15, 0.2) is 59.6 Å². The number of carbonyl (C=O) groups is 8. The molecule has 1 unspecified atom stereocenters. The molecule has 11 N–H and O–H groups in total. The predicted octanol–water partition coefficient (Wildman–Crippen LogP) is 2.72. The number of guanidine groups is 1. The molecule has 21 nitrogen and oxygen atoms in total. The van der Waals surface area contributed by atoms with Crippen LogP contribution in [0.2, 0.25) is 0 Å². The molecule has 0 aliphatic heterocycles. The Balaban J connectivity index is 2.26. The number of aliphatic imine (C=N–C) groups is 1. The third-order valence-electron chi connectivity index (χ3n) is 9.59. The standard InChI is InChI=1S/C47H71N9O12/c1-28(2)24-33(36(58)53-32(38(60)61)18-15-23-50-41(48)49)54-37(59)34(25-29-16-13-12-14-17-29)52-35(57)27-51-39(62)46(9,10)55-40(63)47(11,56-42(64)67-44(3,4)5)26-30-19-21-31(22-20-30)66-43(65)68-45(6,7)8/h12-14,16-17,19-22,28,32-34H,15,18,23-27H2,1-11H3,(H,51,62)(H,52,57)(H,53,58)(H,54,59)(H,55,63)(H,56,64)(H,60,61)(H4,48,49,50)/t32-,33?,34-,47-/m1/s1. The highest BCUT2D eigenvalue weighted by atomic mass is 16.7. The smallest absolute Gasteiger partial charge is 0.480 e. The summed E-state index contributed by atoms with van der Waals surface area (Å²) in [7, 11) is 0. The van der Waals surface area contributed by atoms with Gasteiger partial charge in [0.25, 0.3) is 0 Å². The van der Waals surface area contributed by atoms with Crippen molar-refractivity contribution in [1.29, 1.82) is 0 Å². The number of rotatable bonds is 23. The van der Waals surface area contributed by atoms with Crippen LogP contribution in [0.5, 0.6) is 5.75 Å². The van der Waals surface area contributed by atoms with Crippen LogP contribution in [0, 0.1) is 5.92 Å². The summed E-state index contributed by atoms with van der Waals surface area (Å²) >= 11 is 0. The summed E-state index contributed by atoms with van der Waals surface area (Å²) in [4.78, 5) is 110. The topological polar surface area (TPSA) is 321 Å². The molecular formula is C47H71N9O12. The molecule has 0 fully saturated rings. The Morgan fingerprint density at radius 3 is 1.81 bits per heavy atom. The molecule has 68 heavy (non-hydrogen) atoms. The number of carboxylic acids is 1. The fraction of sp³-hybridized carbons (Fsp3) is 0.553. The quantitative estimate of drug-likeness (QED) is 0.0254. The third-order valence-corrected chi connectivity index (χ3v) is 9.59. The van der Waals surface area contributed by atoms with Gasteiger partial charge in [-0.25, -0.2) is 14.4 Å². The van der Waals surface area contributed by atoms with Crippen LogP contribution < -0.4 is 48.1 Å². The van der Waals surface area contributed by atoms with Gasteiger partial charge in [-0.1, -0.05) is 56.3 Å². The van der Waals surface area contributed by atoms with Gasteiger partial charge < -0.3 is 62.7 Å². The average molecular weight is 954 g/mol. The molecule has 2 aromatic carbocycles. The van der Waals surface area contributed by atoms with Gasteiger partial charge >= 0.3 is 18.2 Å². The Morgan fingerprint density at radius 1 is 0.691 bits per heavy atom. The van der Waals surface area contributed by atoms with E-state index < -0.39 is 94.7 Å². The minimum absolute atomic E-state index is 0.00582. The van der Waals surface area contributed by atoms with Gasteiger partial charge in [0.15, 0.2) is 5.96 Å². The molecule has 0 bridgehead atoms. The fourth-order valence-corrected chi connectivity index (χ4v) is 6.33. The van der Waals surface area contributed by atoms with E-state index in [0.717, 1.165) is 0 Å². The number of nitrogens with zero attached hydrogens (tertiary/aromatic N) is 1. The number of alkyl carbamates (subject to hydrolysis) is 1. The van der Waals surface area contributed by atoms with E-state index in [0.29, 0.717) is 11.1 Å². The lowest BCUT2D eigenvalue weighted by Crippen LogP contribution is -2.65. The highest BCUT2D eigenvalue weighted by Crippen LogP contribution is 2.21. The van der Waals surface area contributed by atoms with Crippen LogP contribution in [0.1, 0.15) is 107 Å². The second-order valence-corrected chi connectivity index (χ2v) is 19.5. The van der Waals surface area contributed by atoms with E-state index in [1.54, 1.807) is 84.0 Å². The highest BCUT2D eigenvalue weighted by molar-refractivity contribution is 5.98. The van der Waals surface area contributed by atoms with E-state index in [2.05, 4.69) is 36.9 Å². The van der Waals surface area contributed by atoms with Crippen LogP contribution in [0.25, 0.3) is 0 Å². The second-order valence-electron chi connectivity index (χ2n) is 19.5. The molecule has 0 aliphatic carbocycles. The maximum Gasteiger partial charge on any atom is 0.514 e. The van der Waals surface area contributed by atoms with Crippen LogP contribution in [0.3, 0.4) is 0 Å². The van der Waals surface area contributed by atoms with E-state index >= 15 is 0 Å². The second kappa shape index (κ2) is 25.3. The average Bonchev–Trinajstić information content (AvgIpc) is 3.19. The molecule has 0 heterocycles. The fourth-order valence-electron chi connectivity index (χ4n) is 6.33. The Bertz CT molecular complexity index is 2090. The first-order valence-corrected chi connectivity index (χ1v) is 22.2. The summed E-state index contributed by atoms with van der Waals surface area (Å²) in [6, 6.07) is 11.1. The van der Waals surface area contributed by atoms with Crippen molar-refractivity contribution in [3.05, 3.63) is 65.7 Å². The first kappa shape index (κ1) is 57.2. The molecule has 0 saturated carbocycles. The molecule has 2 aromatic rings. The van der Waals surface area contributed by atoms with E-state index in [1.165, 1.54) is 32.9 Å². The van der Waals surface area contributed by atoms with Crippen molar-refractivity contribution >= 4 is 53.7 Å². The van der Waals surface area contributed by atoms with Crippen molar-refractivity contribution in [2.24, 2.45) is 22.4 Å². The third kappa shape index (κ3) is 21.6. The lowest BCUT2D eigenvalue weighted by molar-refractivity contribution is -0.142. The summed E-state index contributed by atoms with van der Waals surface area (Å²) in [5.74, 6) is -5.28. The number of hydrogen-bond donors (Lipinski definition) is 9. The molecule has 0 spiro atoms. The van der Waals surface area contributed by atoms with Crippen molar-refractivity contribution in [2.45, 2.75) is 149 Å². The zero-order chi connectivity index (χ0) is 51.6. The van der Waals surface area contributed by atoms with Crippen LogP contribution in [0.4, 0.5) is 9.59 Å². The molecule has 4 atom stereocenters. The summed E-state index contributed by atoms with van der Waals surface area (Å²) in [5, 5.41) is 25.3. The Hall–Kier alpha value is -6.93. The zero-order valence-corrected chi connectivity index (χ0v) is 41.0. The van der Waals surface area contributed by atoms with Crippen LogP contribution in [-0.2, 0) is 51.1 Å². The molecule has 0 saturated heterocycles. The van der Waals surface area contributed by atoms with E-state index in [4.69, 9.17) is 25.7 Å². The van der Waals surface area contributed by atoms with E-state index in [-0.39, 0.29) is 56.3 Å². The first-order chi connectivity index (χ1) is 31.4. The van der Waals surface area contributed by atoms with Crippen molar-refractivity contribution < 1.29 is 57.7 Å². The first-order valence-electron chi connectivity index (χ1n) is 22.2. The number of amides is 6. The molecule has 376 valence electrons. The summed E-state index contributed by atoms with van der Waals surface area (Å²) in [5.41, 5.74) is 6.77. The Kier molecular flexibility index (Phi) is 21.3. The van der Waals surface area contributed by atoms with Crippen molar-refractivity contribution in [3.63, 3.8) is 0 Å². The van der Waals surface area contributed by atoms with Gasteiger partial charge in [-0.3, -0.25) is 29.0 Å². The predicted molar refractivity (Wildman–Crippen MR) is 253 cm³/mol. The lowest BCUT2D eigenvalue weighted by atomic mass is 9.90. The molecule has 0 radical (unpaired) electrons. The van der Waals surface area contributed by atoms with Crippen molar-refractivity contribution in [3.8, 4) is 5.75 Å². The minimum atomic E-state index is -1.73. The van der Waals surface area contributed by atoms with Gasteiger partial charge in [0.05, 0.1) is 6.54 Å². The molecular weight excluding hydrogens is 883 g/mol. The summed E-state index contributed by atoms with van der Waals surface area (Å²) in [6.45, 7) is 17.4. The summed E-state index contributed by atoms with van der Waals surface area (Å²) < 4.78 is 15.9. The Morgan fingerprint density at radius 2 is 1.26 bits per heavy atom. The SMILES string of the molecule is CC(C)CC(NC(=O)[C@@H](Cc1ccccc1)NC(=O)CNC(=O)C(C)(C)NC(=O)[C@@](C)(Cc1ccc(OC(=O)OC(C)(C)C)cc1)NC(=O)OC(C)(C)C)C(=O)N[C@H](CCCN=C(N)N)C(=O)O. The van der Waals surface area contributed by atoms with E-state index in [9.17, 15) is 43.5 Å². The van der Waals surface area contributed by atoms with Gasteiger partial charge in [-0.05, 0) is 111 Å². The van der Waals surface area contributed by atoms with Crippen LogP contribution >= 0.6 is 0 Å². The Labute approximate surface area is 398 Å². The maximum absolute atomic E-state index is 14.1. The van der Waals surface area contributed by atoms with Gasteiger partial charge in [-0.2, -0.15) is 0 Å². The van der Waals surface area contributed by atoms with E-state index in [1.807, 2.05) is 13.8 Å². The zero-order valence-electron chi connectivity index (χ0n) is 41.0. The minimum Gasteiger partial charge on any atom is -0.480 e. The number of nitrogens with one attached hydrogen (secondary N) is 6. The number of hydrogen-bond acceptors (Lipinski definition) is 12. The number of aliphatic carboxylic acids is 1. The maximum atomic E-state index is 14.1. The molecule has 0 aromatic heterocycles. The van der Waals surface area contributed by atoms with Crippen molar-refractivity contribution in [1.82, 2.24) is 31.9 Å². The highest BCUT2D eigenvalue weighted by Gasteiger charge is 2.41. The lowest BCUT2D eigenvalue weighted by Gasteiger charge is -2.35. The monoisotopic (exact) mass is 954 g/mol. The molecule has 21 heteroatoms. The number of carbonyl (C=O) groups excluding carboxylic acids is 7. The number of benzene rings is 2. The summed E-state index contributed by atoms with van der Waals surface area (Å²) in [6.07, 6.45) is -1.57. The normalized spacial score (nSPS) is 13.8. The largest absolute Gasteiger partial charge is 0.514 e. The van der Waals surface area contributed by atoms with Gasteiger partial charge in [0.1, 0.15) is 46.2 Å². The van der Waals surface area contributed by atoms with Gasteiger partial charge in [0, 0.05) is 19.4 Å². The molecule has 0 aliphatic rings. The van der Waals surface area contributed by atoms with Crippen LogP contribution in [-0.4, -0.2) is 112 Å².